The molecule has 1 aliphatic heterocycles. The maximum atomic E-state index is 11.8. The van der Waals surface area contributed by atoms with Gasteiger partial charge in [-0.3, -0.25) is 4.79 Å². The average Bonchev–Trinajstić information content (AvgIpc) is 2.64. The zero-order valence-electron chi connectivity index (χ0n) is 9.68. The van der Waals surface area contributed by atoms with E-state index in [4.69, 9.17) is 4.42 Å². The summed E-state index contributed by atoms with van der Waals surface area (Å²) in [6.45, 7) is 1.46. The molecule has 1 aliphatic rings. The molecule has 2 heterocycles. The van der Waals surface area contributed by atoms with Crippen LogP contribution in [0.15, 0.2) is 10.6 Å². The number of hydrogen-bond donors (Lipinski definition) is 0. The second-order valence-corrected chi connectivity index (χ2v) is 6.70. The van der Waals surface area contributed by atoms with Gasteiger partial charge in [-0.2, -0.15) is 0 Å². The second kappa shape index (κ2) is 4.60. The van der Waals surface area contributed by atoms with Crippen molar-refractivity contribution in [3.63, 3.8) is 0 Å². The summed E-state index contributed by atoms with van der Waals surface area (Å²) in [7, 11) is -3.13. The molecule has 0 bridgehead atoms. The number of aromatic nitrogens is 1. The minimum atomic E-state index is -3.13. The number of rotatable bonds is 3. The smallest absolute Gasteiger partial charge is 0.212 e. The number of carbonyl (C=O) groups is 1. The summed E-state index contributed by atoms with van der Waals surface area (Å²) >= 11 is 0. The summed E-state index contributed by atoms with van der Waals surface area (Å²) in [5, 5.41) is -0.628. The molecule has 2 rings (SSSR count). The molecule has 1 saturated heterocycles. The monoisotopic (exact) mass is 257 g/mol. The number of sulfone groups is 1. The second-order valence-electron chi connectivity index (χ2n) is 4.40. The molecule has 6 heteroatoms. The lowest BCUT2D eigenvalue weighted by molar-refractivity contribution is -0.116. The van der Waals surface area contributed by atoms with Crippen LogP contribution in [0.2, 0.25) is 0 Å². The van der Waals surface area contributed by atoms with E-state index in [1.54, 1.807) is 0 Å². The first-order valence-corrected chi connectivity index (χ1v) is 7.36. The molecule has 1 fully saturated rings. The highest BCUT2D eigenvalue weighted by Crippen LogP contribution is 2.32. The topological polar surface area (TPSA) is 77.2 Å². The molecule has 94 valence electrons. The summed E-state index contributed by atoms with van der Waals surface area (Å²) in [6, 6.07) is 0. The first-order valence-electron chi connectivity index (χ1n) is 5.64. The highest BCUT2D eigenvalue weighted by Gasteiger charge is 2.33. The number of carbonyl (C=O) groups excluding carboxylic acids is 1. The van der Waals surface area contributed by atoms with Gasteiger partial charge < -0.3 is 4.42 Å². The Morgan fingerprint density at radius 1 is 1.53 bits per heavy atom. The van der Waals surface area contributed by atoms with E-state index in [0.29, 0.717) is 18.6 Å². The molecule has 17 heavy (non-hydrogen) atoms. The number of Topliss-reactive ketones (excluding diaryl/α,β-unsaturated/α-hetero) is 1. The molecular weight excluding hydrogens is 242 g/mol. The van der Waals surface area contributed by atoms with Crippen LogP contribution in [0.1, 0.15) is 43.1 Å². The van der Waals surface area contributed by atoms with Crippen molar-refractivity contribution in [3.8, 4) is 0 Å². The van der Waals surface area contributed by atoms with Crippen LogP contribution in [-0.4, -0.2) is 24.9 Å². The first-order chi connectivity index (χ1) is 7.99. The summed E-state index contributed by atoms with van der Waals surface area (Å²) in [5.74, 6) is 0.843. The van der Waals surface area contributed by atoms with Crippen LogP contribution < -0.4 is 0 Å². The lowest BCUT2D eigenvalue weighted by atomic mass is 10.2. The van der Waals surface area contributed by atoms with Crippen LogP contribution in [0, 0.1) is 0 Å². The molecular formula is C11H15NO4S. The first kappa shape index (κ1) is 12.3. The van der Waals surface area contributed by atoms with Crippen molar-refractivity contribution in [2.24, 2.45) is 0 Å². The molecule has 1 aromatic heterocycles. The van der Waals surface area contributed by atoms with Crippen LogP contribution in [0.3, 0.4) is 0 Å². The van der Waals surface area contributed by atoms with E-state index < -0.39 is 15.1 Å². The van der Waals surface area contributed by atoms with E-state index in [0.717, 1.165) is 6.42 Å². The Kier molecular flexibility index (Phi) is 3.33. The van der Waals surface area contributed by atoms with Gasteiger partial charge in [-0.15, -0.1) is 0 Å². The molecule has 5 nitrogen and oxygen atoms in total. The number of nitrogens with zero attached hydrogens (tertiary/aromatic N) is 1. The van der Waals surface area contributed by atoms with Crippen molar-refractivity contribution < 1.29 is 17.6 Å². The van der Waals surface area contributed by atoms with Crippen LogP contribution in [-0.2, 0) is 21.1 Å². The van der Waals surface area contributed by atoms with E-state index in [1.165, 1.54) is 13.1 Å². The third-order valence-corrected chi connectivity index (χ3v) is 5.01. The predicted octanol–water partition coefficient (Wildman–Crippen LogP) is 1.45. The van der Waals surface area contributed by atoms with E-state index in [-0.39, 0.29) is 23.8 Å². The minimum absolute atomic E-state index is 0.0285. The Hall–Kier alpha value is -1.17. The molecule has 0 aromatic carbocycles. The van der Waals surface area contributed by atoms with Gasteiger partial charge in [0.15, 0.2) is 9.84 Å². The molecule has 1 atom stereocenters. The quantitative estimate of drug-likeness (QED) is 0.819. The Morgan fingerprint density at radius 3 is 2.94 bits per heavy atom. The van der Waals surface area contributed by atoms with Crippen molar-refractivity contribution in [3.05, 3.63) is 17.8 Å². The Bertz CT molecular complexity index is 517. The lowest BCUT2D eigenvalue weighted by Crippen LogP contribution is -2.21. The van der Waals surface area contributed by atoms with Gasteiger partial charge >= 0.3 is 0 Å². The molecule has 0 amide bonds. The van der Waals surface area contributed by atoms with Gasteiger partial charge in [-0.1, -0.05) is 6.42 Å². The van der Waals surface area contributed by atoms with Gasteiger partial charge in [-0.25, -0.2) is 13.4 Å². The van der Waals surface area contributed by atoms with Crippen molar-refractivity contribution in [2.75, 3.05) is 5.75 Å². The van der Waals surface area contributed by atoms with E-state index in [9.17, 15) is 13.2 Å². The highest BCUT2D eigenvalue weighted by atomic mass is 32.2. The van der Waals surface area contributed by atoms with Gasteiger partial charge in [-0.05, 0) is 19.8 Å². The minimum Gasteiger partial charge on any atom is -0.444 e. The molecule has 0 N–H and O–H groups in total. The molecule has 0 radical (unpaired) electrons. The maximum Gasteiger partial charge on any atom is 0.212 e. The van der Waals surface area contributed by atoms with Gasteiger partial charge in [0.1, 0.15) is 16.8 Å². The van der Waals surface area contributed by atoms with Crippen LogP contribution in [0.4, 0.5) is 0 Å². The van der Waals surface area contributed by atoms with Crippen LogP contribution in [0.25, 0.3) is 0 Å². The van der Waals surface area contributed by atoms with Gasteiger partial charge in [0.25, 0.3) is 0 Å². The lowest BCUT2D eigenvalue weighted by Gasteiger charge is -2.19. The Morgan fingerprint density at radius 2 is 2.29 bits per heavy atom. The van der Waals surface area contributed by atoms with Gasteiger partial charge in [0, 0.05) is 0 Å². The van der Waals surface area contributed by atoms with Gasteiger partial charge in [0.05, 0.1) is 18.4 Å². The highest BCUT2D eigenvalue weighted by molar-refractivity contribution is 7.91. The zero-order chi connectivity index (χ0) is 12.5. The largest absolute Gasteiger partial charge is 0.444 e. The molecule has 0 aliphatic carbocycles. The summed E-state index contributed by atoms with van der Waals surface area (Å²) in [4.78, 5) is 14.9. The fourth-order valence-corrected chi connectivity index (χ4v) is 3.86. The van der Waals surface area contributed by atoms with E-state index in [1.807, 2.05) is 0 Å². The number of ketones is 1. The van der Waals surface area contributed by atoms with Crippen LogP contribution in [0.5, 0.6) is 0 Å². The fourth-order valence-electron chi connectivity index (χ4n) is 2.03. The Balaban J connectivity index is 2.22. The Labute approximate surface area is 100 Å². The third-order valence-electron chi connectivity index (χ3n) is 2.85. The van der Waals surface area contributed by atoms with Gasteiger partial charge in [0.2, 0.25) is 5.89 Å². The molecule has 0 spiro atoms. The summed E-state index contributed by atoms with van der Waals surface area (Å²) in [5.41, 5.74) is 0. The van der Waals surface area contributed by atoms with E-state index >= 15 is 0 Å². The molecule has 1 unspecified atom stereocenters. The predicted molar refractivity (Wildman–Crippen MR) is 61.3 cm³/mol. The number of hydrogen-bond acceptors (Lipinski definition) is 5. The summed E-state index contributed by atoms with van der Waals surface area (Å²) < 4.78 is 29.1. The van der Waals surface area contributed by atoms with Crippen molar-refractivity contribution in [1.29, 1.82) is 0 Å². The average molecular weight is 257 g/mol. The SMILES string of the molecule is CC(=O)Cc1cnc(C2CCCCS2(=O)=O)o1. The van der Waals surface area contributed by atoms with Crippen molar-refractivity contribution >= 4 is 15.6 Å². The number of oxazole rings is 1. The normalized spacial score (nSPS) is 23.5. The standard InChI is InChI=1S/C11H15NO4S/c1-8(13)6-9-7-12-11(16-9)10-4-2-3-5-17(10,14)15/h7,10H,2-6H2,1H3. The van der Waals surface area contributed by atoms with Crippen LogP contribution >= 0.6 is 0 Å². The third kappa shape index (κ3) is 2.74. The molecule has 1 aromatic rings. The molecule has 0 saturated carbocycles. The van der Waals surface area contributed by atoms with Crippen molar-refractivity contribution in [2.45, 2.75) is 37.9 Å². The zero-order valence-corrected chi connectivity index (χ0v) is 10.5. The van der Waals surface area contributed by atoms with E-state index in [2.05, 4.69) is 4.98 Å². The van der Waals surface area contributed by atoms with Crippen molar-refractivity contribution in [1.82, 2.24) is 4.98 Å². The maximum absolute atomic E-state index is 11.8. The fraction of sp³-hybridized carbons (Fsp3) is 0.636. The summed E-state index contributed by atoms with van der Waals surface area (Å²) in [6.07, 6.45) is 3.75.